The van der Waals surface area contributed by atoms with Gasteiger partial charge in [-0.25, -0.2) is 13.2 Å². The fourth-order valence-electron chi connectivity index (χ4n) is 3.53. The number of esters is 1. The van der Waals surface area contributed by atoms with Gasteiger partial charge in [-0.3, -0.25) is 4.79 Å². The van der Waals surface area contributed by atoms with Crippen molar-refractivity contribution in [3.05, 3.63) is 52.8 Å². The maximum atomic E-state index is 13.0. The molecule has 0 amide bonds. The van der Waals surface area contributed by atoms with Gasteiger partial charge in [0.05, 0.1) is 10.5 Å². The standard InChI is InChI=1S/C21H26N2O5S/c1-15-13-18(16(2)22(15)3)19(24)14-28-21(25)17-9-5-6-10-20(17)29(26,27)23-11-7-4-8-12-23/h5-6,9-10,13H,4,7-8,11-12,14H2,1-3H3. The molecule has 29 heavy (non-hydrogen) atoms. The number of benzene rings is 1. The minimum absolute atomic E-state index is 0.0492. The number of ketones is 1. The molecule has 1 aromatic carbocycles. The van der Waals surface area contributed by atoms with Crippen LogP contribution in [0.2, 0.25) is 0 Å². The number of sulfonamides is 1. The summed E-state index contributed by atoms with van der Waals surface area (Å²) in [5.74, 6) is -1.14. The third-order valence-electron chi connectivity index (χ3n) is 5.45. The highest BCUT2D eigenvalue weighted by Gasteiger charge is 2.30. The van der Waals surface area contributed by atoms with Crippen molar-refractivity contribution in [3.63, 3.8) is 0 Å². The number of rotatable bonds is 6. The molecule has 1 aliphatic rings. The van der Waals surface area contributed by atoms with Crippen LogP contribution in [0.3, 0.4) is 0 Å². The van der Waals surface area contributed by atoms with Gasteiger partial charge in [0.25, 0.3) is 0 Å². The van der Waals surface area contributed by atoms with Crippen LogP contribution in [-0.2, 0) is 21.8 Å². The van der Waals surface area contributed by atoms with E-state index in [1.54, 1.807) is 18.2 Å². The maximum absolute atomic E-state index is 13.0. The summed E-state index contributed by atoms with van der Waals surface area (Å²) < 4.78 is 34.5. The lowest BCUT2D eigenvalue weighted by Gasteiger charge is -2.26. The van der Waals surface area contributed by atoms with Crippen molar-refractivity contribution >= 4 is 21.8 Å². The zero-order chi connectivity index (χ0) is 21.2. The number of ether oxygens (including phenoxy) is 1. The molecule has 1 aliphatic heterocycles. The van der Waals surface area contributed by atoms with Gasteiger partial charge in [-0.15, -0.1) is 0 Å². The summed E-state index contributed by atoms with van der Waals surface area (Å²) in [6.45, 7) is 4.15. The highest BCUT2D eigenvalue weighted by molar-refractivity contribution is 7.89. The van der Waals surface area contributed by atoms with E-state index in [9.17, 15) is 18.0 Å². The van der Waals surface area contributed by atoms with Crippen LogP contribution < -0.4 is 0 Å². The summed E-state index contributed by atoms with van der Waals surface area (Å²) in [5.41, 5.74) is 2.16. The second-order valence-electron chi connectivity index (χ2n) is 7.30. The molecule has 0 spiro atoms. The zero-order valence-electron chi connectivity index (χ0n) is 17.0. The molecule has 156 valence electrons. The van der Waals surface area contributed by atoms with Gasteiger partial charge in [0, 0.05) is 37.1 Å². The largest absolute Gasteiger partial charge is 0.454 e. The number of carbonyl (C=O) groups is 2. The summed E-state index contributed by atoms with van der Waals surface area (Å²) in [7, 11) is -1.94. The minimum Gasteiger partial charge on any atom is -0.454 e. The average Bonchev–Trinajstić information content (AvgIpc) is 2.99. The molecule has 0 radical (unpaired) electrons. The van der Waals surface area contributed by atoms with Gasteiger partial charge in [0.2, 0.25) is 15.8 Å². The van der Waals surface area contributed by atoms with Gasteiger partial charge in [0.1, 0.15) is 0 Å². The Hall–Kier alpha value is -2.45. The number of carbonyl (C=O) groups excluding carboxylic acids is 2. The smallest absolute Gasteiger partial charge is 0.339 e. The molecule has 7 nitrogen and oxygen atoms in total. The van der Waals surface area contributed by atoms with Crippen LogP contribution >= 0.6 is 0 Å². The summed E-state index contributed by atoms with van der Waals surface area (Å²) >= 11 is 0. The van der Waals surface area contributed by atoms with Gasteiger partial charge in [-0.2, -0.15) is 4.31 Å². The molecule has 1 fully saturated rings. The molecule has 0 unspecified atom stereocenters. The van der Waals surface area contributed by atoms with E-state index >= 15 is 0 Å². The lowest BCUT2D eigenvalue weighted by molar-refractivity contribution is 0.0470. The number of aryl methyl sites for hydroxylation is 1. The number of aromatic nitrogens is 1. The van der Waals surface area contributed by atoms with Crippen molar-refractivity contribution in [2.24, 2.45) is 7.05 Å². The number of hydrogen-bond acceptors (Lipinski definition) is 5. The fraction of sp³-hybridized carbons (Fsp3) is 0.429. The molecule has 1 aromatic heterocycles. The minimum atomic E-state index is -3.79. The Balaban J connectivity index is 1.78. The Kier molecular flexibility index (Phi) is 6.24. The normalized spacial score (nSPS) is 15.3. The van der Waals surface area contributed by atoms with Crippen molar-refractivity contribution in [2.45, 2.75) is 38.0 Å². The van der Waals surface area contributed by atoms with E-state index in [1.165, 1.54) is 16.4 Å². The zero-order valence-corrected chi connectivity index (χ0v) is 17.8. The fourth-order valence-corrected chi connectivity index (χ4v) is 5.23. The molecule has 0 N–H and O–H groups in total. The number of piperidine rings is 1. The van der Waals surface area contributed by atoms with E-state index in [0.717, 1.165) is 30.7 Å². The van der Waals surface area contributed by atoms with Gasteiger partial charge in [-0.05, 0) is 44.9 Å². The third kappa shape index (κ3) is 4.28. The highest BCUT2D eigenvalue weighted by atomic mass is 32.2. The van der Waals surface area contributed by atoms with Crippen molar-refractivity contribution in [2.75, 3.05) is 19.7 Å². The summed E-state index contributed by atoms with van der Waals surface area (Å²) in [4.78, 5) is 25.0. The van der Waals surface area contributed by atoms with E-state index in [2.05, 4.69) is 0 Å². The SMILES string of the molecule is Cc1cc(C(=O)COC(=O)c2ccccc2S(=O)(=O)N2CCCCC2)c(C)n1C. The first-order chi connectivity index (χ1) is 13.7. The maximum Gasteiger partial charge on any atom is 0.339 e. The lowest BCUT2D eigenvalue weighted by atomic mass is 10.1. The monoisotopic (exact) mass is 418 g/mol. The molecule has 3 rings (SSSR count). The van der Waals surface area contributed by atoms with Gasteiger partial charge >= 0.3 is 5.97 Å². The third-order valence-corrected chi connectivity index (χ3v) is 7.41. The molecular weight excluding hydrogens is 392 g/mol. The van der Waals surface area contributed by atoms with Crippen LogP contribution in [0.1, 0.15) is 51.4 Å². The first-order valence-corrected chi connectivity index (χ1v) is 11.1. The van der Waals surface area contributed by atoms with Gasteiger partial charge in [-0.1, -0.05) is 18.6 Å². The Bertz CT molecular complexity index is 1030. The van der Waals surface area contributed by atoms with Gasteiger partial charge in [0.15, 0.2) is 6.61 Å². The Morgan fingerprint density at radius 3 is 2.31 bits per heavy atom. The first-order valence-electron chi connectivity index (χ1n) is 9.66. The van der Waals surface area contributed by atoms with E-state index in [-0.39, 0.29) is 16.2 Å². The second-order valence-corrected chi connectivity index (χ2v) is 9.21. The van der Waals surface area contributed by atoms with Crippen LogP contribution in [0, 0.1) is 13.8 Å². The van der Waals surface area contributed by atoms with Crippen molar-refractivity contribution < 1.29 is 22.7 Å². The highest BCUT2D eigenvalue weighted by Crippen LogP contribution is 2.24. The van der Waals surface area contributed by atoms with Crippen LogP contribution in [0.15, 0.2) is 35.2 Å². The predicted octanol–water partition coefficient (Wildman–Crippen LogP) is 2.86. The van der Waals surface area contributed by atoms with Crippen molar-refractivity contribution in [3.8, 4) is 0 Å². The molecule has 0 aliphatic carbocycles. The van der Waals surface area contributed by atoms with Crippen LogP contribution in [-0.4, -0.2) is 48.7 Å². The van der Waals surface area contributed by atoms with E-state index < -0.39 is 22.6 Å². The second kappa shape index (κ2) is 8.51. The Labute approximate surface area is 171 Å². The van der Waals surface area contributed by atoms with E-state index in [1.807, 2.05) is 25.5 Å². The van der Waals surface area contributed by atoms with Crippen LogP contribution in [0.5, 0.6) is 0 Å². The average molecular weight is 419 g/mol. The molecule has 2 heterocycles. The molecule has 8 heteroatoms. The molecular formula is C21H26N2O5S. The lowest BCUT2D eigenvalue weighted by Crippen LogP contribution is -2.36. The molecule has 0 atom stereocenters. The van der Waals surface area contributed by atoms with Crippen LogP contribution in [0.4, 0.5) is 0 Å². The predicted molar refractivity (Wildman–Crippen MR) is 109 cm³/mol. The Morgan fingerprint density at radius 1 is 1.03 bits per heavy atom. The summed E-state index contributed by atoms with van der Waals surface area (Å²) in [6.07, 6.45) is 2.60. The number of hydrogen-bond donors (Lipinski definition) is 0. The number of Topliss-reactive ketones (excluding diaryl/α,β-unsaturated/α-hetero) is 1. The van der Waals surface area contributed by atoms with E-state index in [0.29, 0.717) is 18.7 Å². The van der Waals surface area contributed by atoms with Crippen molar-refractivity contribution in [1.29, 1.82) is 0 Å². The molecule has 1 saturated heterocycles. The molecule has 0 saturated carbocycles. The topological polar surface area (TPSA) is 85.7 Å². The van der Waals surface area contributed by atoms with Crippen molar-refractivity contribution in [1.82, 2.24) is 8.87 Å². The first kappa shape index (κ1) is 21.3. The molecule has 0 bridgehead atoms. The molecule has 2 aromatic rings. The Morgan fingerprint density at radius 2 is 1.69 bits per heavy atom. The summed E-state index contributed by atoms with van der Waals surface area (Å²) in [5, 5.41) is 0. The number of nitrogens with zero attached hydrogens (tertiary/aromatic N) is 2. The van der Waals surface area contributed by atoms with E-state index in [4.69, 9.17) is 4.74 Å². The van der Waals surface area contributed by atoms with Crippen LogP contribution in [0.25, 0.3) is 0 Å². The summed E-state index contributed by atoms with van der Waals surface area (Å²) in [6, 6.07) is 7.74. The van der Waals surface area contributed by atoms with Gasteiger partial charge < -0.3 is 9.30 Å². The quantitative estimate of drug-likeness (QED) is 0.532.